The van der Waals surface area contributed by atoms with E-state index in [-0.39, 0.29) is 24.7 Å². The molecule has 0 radical (unpaired) electrons. The Hall–Kier alpha value is -2.70. The third kappa shape index (κ3) is 3.79. The number of oxazole rings is 1. The van der Waals surface area contributed by atoms with Gasteiger partial charge in [-0.25, -0.2) is 14.2 Å². The minimum Gasteiger partial charge on any atom is -0.480 e. The van der Waals surface area contributed by atoms with Crippen LogP contribution in [-0.4, -0.2) is 28.0 Å². The van der Waals surface area contributed by atoms with E-state index >= 15 is 0 Å². The number of hydrogen-bond donors (Lipinski definition) is 2. The van der Waals surface area contributed by atoms with E-state index in [1.807, 2.05) is 0 Å². The second kappa shape index (κ2) is 6.82. The molecule has 1 atom stereocenters. The predicted molar refractivity (Wildman–Crippen MR) is 82.5 cm³/mol. The number of amides is 1. The second-order valence-corrected chi connectivity index (χ2v) is 5.82. The lowest BCUT2D eigenvalue weighted by Crippen LogP contribution is -2.42. The Morgan fingerprint density at radius 3 is 2.79 bits per heavy atom. The zero-order valence-electron chi connectivity index (χ0n) is 12.9. The summed E-state index contributed by atoms with van der Waals surface area (Å²) >= 11 is 0. The van der Waals surface area contributed by atoms with Gasteiger partial charge in [-0.15, -0.1) is 0 Å². The van der Waals surface area contributed by atoms with E-state index < -0.39 is 17.8 Å². The average Bonchev–Trinajstić information content (AvgIpc) is 3.28. The summed E-state index contributed by atoms with van der Waals surface area (Å²) in [5, 5.41) is 11.6. The van der Waals surface area contributed by atoms with Crippen LogP contribution in [0.25, 0.3) is 11.3 Å². The standard InChI is InChI=1S/C17H17FN2O4/c18-12-4-2-1-3-11(12)13-9-19-15(24-13)8-7-14(21)20-16(17(22)23)10-5-6-10/h1-4,9-10,16H,5-8H2,(H,20,21)(H,22,23). The van der Waals surface area contributed by atoms with Crippen LogP contribution in [0.3, 0.4) is 0 Å². The molecule has 2 aromatic rings. The van der Waals surface area contributed by atoms with E-state index in [4.69, 9.17) is 9.52 Å². The summed E-state index contributed by atoms with van der Waals surface area (Å²) in [7, 11) is 0. The molecule has 1 aromatic carbocycles. The van der Waals surface area contributed by atoms with Crippen molar-refractivity contribution >= 4 is 11.9 Å². The lowest BCUT2D eigenvalue weighted by atomic mass is 10.1. The van der Waals surface area contributed by atoms with Gasteiger partial charge in [-0.2, -0.15) is 0 Å². The van der Waals surface area contributed by atoms with Crippen molar-refractivity contribution in [3.8, 4) is 11.3 Å². The van der Waals surface area contributed by atoms with Crippen LogP contribution >= 0.6 is 0 Å². The number of halogens is 1. The lowest BCUT2D eigenvalue weighted by molar-refractivity contribution is -0.142. The number of hydrogen-bond acceptors (Lipinski definition) is 4. The van der Waals surface area contributed by atoms with Crippen LogP contribution in [0.1, 0.15) is 25.2 Å². The Bertz CT molecular complexity index is 755. The van der Waals surface area contributed by atoms with Gasteiger partial charge in [0.05, 0.1) is 11.8 Å². The summed E-state index contributed by atoms with van der Waals surface area (Å²) in [6.07, 6.45) is 3.34. The number of carboxylic acids is 1. The van der Waals surface area contributed by atoms with Gasteiger partial charge in [0.2, 0.25) is 5.91 Å². The smallest absolute Gasteiger partial charge is 0.326 e. The quantitative estimate of drug-likeness (QED) is 0.812. The molecule has 1 unspecified atom stereocenters. The van der Waals surface area contributed by atoms with Crippen LogP contribution in [0, 0.1) is 11.7 Å². The molecule has 7 heteroatoms. The molecule has 0 spiro atoms. The zero-order chi connectivity index (χ0) is 17.1. The van der Waals surface area contributed by atoms with Gasteiger partial charge in [-0.05, 0) is 30.9 Å². The maximum atomic E-state index is 13.7. The van der Waals surface area contributed by atoms with Crippen molar-refractivity contribution in [1.82, 2.24) is 10.3 Å². The molecule has 0 saturated heterocycles. The summed E-state index contributed by atoms with van der Waals surface area (Å²) in [5.41, 5.74) is 0.306. The highest BCUT2D eigenvalue weighted by molar-refractivity contribution is 5.84. The Morgan fingerprint density at radius 1 is 1.38 bits per heavy atom. The SMILES string of the molecule is O=C(CCc1ncc(-c2ccccc2F)o1)NC(C(=O)O)C1CC1. The van der Waals surface area contributed by atoms with Crippen molar-refractivity contribution in [1.29, 1.82) is 0 Å². The van der Waals surface area contributed by atoms with Crippen LogP contribution in [0.5, 0.6) is 0 Å². The Balaban J connectivity index is 1.56. The first-order chi connectivity index (χ1) is 11.5. The zero-order valence-corrected chi connectivity index (χ0v) is 12.9. The number of carbonyl (C=O) groups excluding carboxylic acids is 1. The first-order valence-corrected chi connectivity index (χ1v) is 7.76. The van der Waals surface area contributed by atoms with Crippen LogP contribution < -0.4 is 5.32 Å². The molecule has 24 heavy (non-hydrogen) atoms. The van der Waals surface area contributed by atoms with Crippen molar-refractivity contribution in [2.75, 3.05) is 0 Å². The summed E-state index contributed by atoms with van der Waals surface area (Å²) < 4.78 is 19.2. The number of aromatic nitrogens is 1. The Labute approximate surface area is 137 Å². The molecule has 1 heterocycles. The predicted octanol–water partition coefficient (Wildman–Crippen LogP) is 2.39. The summed E-state index contributed by atoms with van der Waals surface area (Å²) in [4.78, 5) is 27.0. The third-order valence-electron chi connectivity index (χ3n) is 3.93. The molecule has 1 fully saturated rings. The van der Waals surface area contributed by atoms with Crippen LogP contribution in [0.15, 0.2) is 34.9 Å². The monoisotopic (exact) mass is 332 g/mol. The van der Waals surface area contributed by atoms with Gasteiger partial charge >= 0.3 is 5.97 Å². The number of aliphatic carboxylic acids is 1. The van der Waals surface area contributed by atoms with Crippen molar-refractivity contribution in [2.24, 2.45) is 5.92 Å². The average molecular weight is 332 g/mol. The molecule has 1 amide bonds. The molecule has 0 bridgehead atoms. The molecule has 1 aliphatic carbocycles. The number of carbonyl (C=O) groups is 2. The first-order valence-electron chi connectivity index (χ1n) is 7.76. The lowest BCUT2D eigenvalue weighted by Gasteiger charge is -2.12. The molecular weight excluding hydrogens is 315 g/mol. The molecule has 126 valence electrons. The molecule has 0 aliphatic heterocycles. The molecule has 2 N–H and O–H groups in total. The van der Waals surface area contributed by atoms with Crippen LogP contribution in [0.4, 0.5) is 4.39 Å². The molecule has 1 saturated carbocycles. The third-order valence-corrected chi connectivity index (χ3v) is 3.93. The normalized spacial score (nSPS) is 15.0. The minimum atomic E-state index is -1.01. The van der Waals surface area contributed by atoms with Gasteiger partial charge in [-0.3, -0.25) is 4.79 Å². The van der Waals surface area contributed by atoms with E-state index in [1.54, 1.807) is 18.2 Å². The van der Waals surface area contributed by atoms with Gasteiger partial charge in [-0.1, -0.05) is 12.1 Å². The minimum absolute atomic E-state index is 0.0286. The number of carboxylic acid groups (broad SMARTS) is 1. The van der Waals surface area contributed by atoms with E-state index in [9.17, 15) is 14.0 Å². The van der Waals surface area contributed by atoms with Gasteiger partial charge in [0, 0.05) is 12.8 Å². The highest BCUT2D eigenvalue weighted by Gasteiger charge is 2.37. The number of benzene rings is 1. The van der Waals surface area contributed by atoms with Crippen LogP contribution in [0.2, 0.25) is 0 Å². The van der Waals surface area contributed by atoms with Crippen molar-refractivity contribution in [2.45, 2.75) is 31.7 Å². The molecule has 6 nitrogen and oxygen atoms in total. The maximum Gasteiger partial charge on any atom is 0.326 e. The first kappa shape index (κ1) is 16.2. The van der Waals surface area contributed by atoms with E-state index in [0.717, 1.165) is 12.8 Å². The maximum absolute atomic E-state index is 13.7. The van der Waals surface area contributed by atoms with Gasteiger partial charge in [0.15, 0.2) is 11.7 Å². The molecule has 1 aliphatic rings. The summed E-state index contributed by atoms with van der Waals surface area (Å²) in [6.45, 7) is 0. The van der Waals surface area contributed by atoms with E-state index in [1.165, 1.54) is 12.3 Å². The molecular formula is C17H17FN2O4. The van der Waals surface area contributed by atoms with Crippen molar-refractivity contribution in [3.63, 3.8) is 0 Å². The number of nitrogens with zero attached hydrogens (tertiary/aromatic N) is 1. The molecule has 1 aromatic heterocycles. The second-order valence-electron chi connectivity index (χ2n) is 5.82. The number of rotatable bonds is 7. The summed E-state index contributed by atoms with van der Waals surface area (Å²) in [6, 6.07) is 5.36. The fraction of sp³-hybridized carbons (Fsp3) is 0.353. The number of aryl methyl sites for hydroxylation is 1. The van der Waals surface area contributed by atoms with Gasteiger partial charge in [0.25, 0.3) is 0 Å². The topological polar surface area (TPSA) is 92.4 Å². The van der Waals surface area contributed by atoms with E-state index in [2.05, 4.69) is 10.3 Å². The Morgan fingerprint density at radius 2 is 2.12 bits per heavy atom. The largest absolute Gasteiger partial charge is 0.480 e. The van der Waals surface area contributed by atoms with Crippen molar-refractivity contribution in [3.05, 3.63) is 42.2 Å². The van der Waals surface area contributed by atoms with Gasteiger partial charge < -0.3 is 14.8 Å². The number of nitrogens with one attached hydrogen (secondary N) is 1. The molecule has 3 rings (SSSR count). The van der Waals surface area contributed by atoms with E-state index in [0.29, 0.717) is 17.2 Å². The van der Waals surface area contributed by atoms with Crippen molar-refractivity contribution < 1.29 is 23.5 Å². The highest BCUT2D eigenvalue weighted by atomic mass is 19.1. The fourth-order valence-electron chi connectivity index (χ4n) is 2.49. The fourth-order valence-corrected chi connectivity index (χ4v) is 2.49. The Kier molecular flexibility index (Phi) is 4.59. The summed E-state index contributed by atoms with van der Waals surface area (Å²) in [5.74, 6) is -1.15. The van der Waals surface area contributed by atoms with Crippen LogP contribution in [-0.2, 0) is 16.0 Å². The van der Waals surface area contributed by atoms with Gasteiger partial charge in [0.1, 0.15) is 11.9 Å². The highest BCUT2D eigenvalue weighted by Crippen LogP contribution is 2.32.